The maximum absolute atomic E-state index is 14.0. The van der Waals surface area contributed by atoms with Gasteiger partial charge in [-0.05, 0) is 38.3 Å². The molecule has 0 heterocycles. The van der Waals surface area contributed by atoms with Gasteiger partial charge in [0, 0.05) is 26.7 Å². The highest BCUT2D eigenvalue weighted by Crippen LogP contribution is 2.24. The number of anilines is 1. The van der Waals surface area contributed by atoms with E-state index in [1.165, 1.54) is 12.1 Å². The zero-order chi connectivity index (χ0) is 14.4. The molecule has 108 valence electrons. The topological polar surface area (TPSA) is 18.5 Å². The number of nitrogens with zero attached hydrogens (tertiary/aromatic N) is 2. The fraction of sp³-hybridized carbons (Fsp3) is 0.571. The molecule has 1 aromatic rings. The van der Waals surface area contributed by atoms with Crippen molar-refractivity contribution >= 4 is 5.69 Å². The van der Waals surface area contributed by atoms with Crippen molar-refractivity contribution in [3.63, 3.8) is 0 Å². The molecule has 5 heteroatoms. The van der Waals surface area contributed by atoms with Gasteiger partial charge in [-0.1, -0.05) is 6.92 Å². The predicted octanol–water partition coefficient (Wildman–Crippen LogP) is 2.07. The molecule has 0 fully saturated rings. The minimum Gasteiger partial charge on any atom is -0.369 e. The lowest BCUT2D eigenvalue weighted by atomic mass is 10.1. The van der Waals surface area contributed by atoms with Gasteiger partial charge < -0.3 is 15.1 Å². The molecule has 0 aliphatic rings. The van der Waals surface area contributed by atoms with Crippen molar-refractivity contribution in [1.82, 2.24) is 10.2 Å². The van der Waals surface area contributed by atoms with Gasteiger partial charge in [0.15, 0.2) is 0 Å². The Morgan fingerprint density at radius 3 is 2.11 bits per heavy atom. The summed E-state index contributed by atoms with van der Waals surface area (Å²) in [7, 11) is 5.56. The van der Waals surface area contributed by atoms with Gasteiger partial charge in [0.2, 0.25) is 0 Å². The normalized spacial score (nSPS) is 11.1. The Bertz CT molecular complexity index is 385. The van der Waals surface area contributed by atoms with Crippen molar-refractivity contribution in [3.8, 4) is 0 Å². The van der Waals surface area contributed by atoms with Crippen molar-refractivity contribution in [2.75, 3.05) is 45.7 Å². The summed E-state index contributed by atoms with van der Waals surface area (Å²) in [5.41, 5.74) is 0.670. The first kappa shape index (κ1) is 15.9. The van der Waals surface area contributed by atoms with E-state index in [0.717, 1.165) is 13.1 Å². The third-order valence-corrected chi connectivity index (χ3v) is 2.92. The first-order chi connectivity index (χ1) is 8.95. The summed E-state index contributed by atoms with van der Waals surface area (Å²) in [5.74, 6) is -1.01. The van der Waals surface area contributed by atoms with Gasteiger partial charge in [0.1, 0.15) is 17.3 Å². The molecule has 0 saturated heterocycles. The highest BCUT2D eigenvalue weighted by atomic mass is 19.1. The highest BCUT2D eigenvalue weighted by molar-refractivity contribution is 5.50. The number of nitrogens with one attached hydrogen (secondary N) is 1. The van der Waals surface area contributed by atoms with E-state index >= 15 is 0 Å². The van der Waals surface area contributed by atoms with Gasteiger partial charge in [-0.2, -0.15) is 0 Å². The van der Waals surface area contributed by atoms with Crippen LogP contribution in [0.25, 0.3) is 0 Å². The maximum Gasteiger partial charge on any atom is 0.149 e. The Morgan fingerprint density at radius 1 is 1.05 bits per heavy atom. The fourth-order valence-corrected chi connectivity index (χ4v) is 1.82. The third-order valence-electron chi connectivity index (χ3n) is 2.92. The fourth-order valence-electron chi connectivity index (χ4n) is 1.82. The van der Waals surface area contributed by atoms with E-state index in [1.807, 2.05) is 25.9 Å². The average Bonchev–Trinajstić information content (AvgIpc) is 2.33. The summed E-state index contributed by atoms with van der Waals surface area (Å²) in [5, 5.41) is 3.05. The first-order valence-electron chi connectivity index (χ1n) is 6.50. The van der Waals surface area contributed by atoms with Crippen LogP contribution in [0.4, 0.5) is 14.5 Å². The molecule has 0 unspecified atom stereocenters. The number of likely N-dealkylation sites (N-methyl/N-ethyl adjacent to an activating group) is 2. The summed E-state index contributed by atoms with van der Waals surface area (Å²) in [6.07, 6.45) is 0. The van der Waals surface area contributed by atoms with Crippen molar-refractivity contribution in [2.45, 2.75) is 13.5 Å². The molecule has 0 aromatic heterocycles. The molecule has 0 bridgehead atoms. The van der Waals surface area contributed by atoms with E-state index in [1.54, 1.807) is 11.9 Å². The minimum absolute atomic E-state index is 0.0436. The molecule has 1 rings (SSSR count). The second kappa shape index (κ2) is 7.40. The Kier molecular flexibility index (Phi) is 6.18. The number of rotatable bonds is 7. The van der Waals surface area contributed by atoms with E-state index in [-0.39, 0.29) is 5.69 Å². The van der Waals surface area contributed by atoms with Gasteiger partial charge in [0.05, 0.1) is 0 Å². The van der Waals surface area contributed by atoms with E-state index in [4.69, 9.17) is 0 Å². The Labute approximate surface area is 114 Å². The lowest BCUT2D eigenvalue weighted by molar-refractivity contribution is 0.414. The zero-order valence-electron chi connectivity index (χ0n) is 12.1. The van der Waals surface area contributed by atoms with Crippen LogP contribution in [0, 0.1) is 11.6 Å². The minimum atomic E-state index is -0.505. The molecule has 19 heavy (non-hydrogen) atoms. The first-order valence-corrected chi connectivity index (χ1v) is 6.50. The monoisotopic (exact) mass is 271 g/mol. The highest BCUT2D eigenvalue weighted by Gasteiger charge is 2.15. The second-order valence-electron chi connectivity index (χ2n) is 4.91. The molecule has 0 spiro atoms. The van der Waals surface area contributed by atoms with Crippen LogP contribution in [0.3, 0.4) is 0 Å². The van der Waals surface area contributed by atoms with Crippen LogP contribution in [-0.2, 0) is 6.54 Å². The van der Waals surface area contributed by atoms with Gasteiger partial charge in [-0.15, -0.1) is 0 Å². The third kappa shape index (κ3) is 4.76. The maximum atomic E-state index is 14.0. The number of halogens is 2. The molecule has 0 aliphatic heterocycles. The van der Waals surface area contributed by atoms with Crippen LogP contribution < -0.4 is 10.2 Å². The molecular formula is C14H23F2N3. The van der Waals surface area contributed by atoms with Gasteiger partial charge >= 0.3 is 0 Å². The van der Waals surface area contributed by atoms with Crippen molar-refractivity contribution < 1.29 is 8.78 Å². The Balaban J connectivity index is 2.83. The number of hydrogen-bond donors (Lipinski definition) is 1. The van der Waals surface area contributed by atoms with Gasteiger partial charge in [0.25, 0.3) is 0 Å². The van der Waals surface area contributed by atoms with Crippen LogP contribution in [0.15, 0.2) is 12.1 Å². The van der Waals surface area contributed by atoms with Crippen LogP contribution >= 0.6 is 0 Å². The molecule has 3 nitrogen and oxygen atoms in total. The van der Waals surface area contributed by atoms with Crippen LogP contribution in [0.5, 0.6) is 0 Å². The molecule has 1 aromatic carbocycles. The Hall–Kier alpha value is -1.20. The van der Waals surface area contributed by atoms with E-state index in [9.17, 15) is 8.78 Å². The lowest BCUT2D eigenvalue weighted by Crippen LogP contribution is -2.29. The van der Waals surface area contributed by atoms with Crippen molar-refractivity contribution in [1.29, 1.82) is 0 Å². The number of benzene rings is 1. The summed E-state index contributed by atoms with van der Waals surface area (Å²) in [4.78, 5) is 3.59. The van der Waals surface area contributed by atoms with Crippen molar-refractivity contribution in [3.05, 3.63) is 29.3 Å². The summed E-state index contributed by atoms with van der Waals surface area (Å²) in [6.45, 7) is 4.53. The predicted molar refractivity (Wildman–Crippen MR) is 75.6 cm³/mol. The zero-order valence-corrected chi connectivity index (χ0v) is 12.1. The number of hydrogen-bond acceptors (Lipinski definition) is 3. The van der Waals surface area contributed by atoms with Crippen LogP contribution in [0.2, 0.25) is 0 Å². The largest absolute Gasteiger partial charge is 0.369 e. The van der Waals surface area contributed by atoms with Gasteiger partial charge in [-0.25, -0.2) is 8.78 Å². The average molecular weight is 271 g/mol. The van der Waals surface area contributed by atoms with Crippen LogP contribution in [0.1, 0.15) is 12.5 Å². The van der Waals surface area contributed by atoms with Gasteiger partial charge in [-0.3, -0.25) is 0 Å². The van der Waals surface area contributed by atoms with E-state index in [0.29, 0.717) is 18.7 Å². The lowest BCUT2D eigenvalue weighted by Gasteiger charge is -2.23. The van der Waals surface area contributed by atoms with E-state index in [2.05, 4.69) is 5.32 Å². The smallest absolute Gasteiger partial charge is 0.149 e. The summed E-state index contributed by atoms with van der Waals surface area (Å²) < 4.78 is 28.0. The summed E-state index contributed by atoms with van der Waals surface area (Å²) >= 11 is 0. The molecule has 1 N–H and O–H groups in total. The molecule has 0 aliphatic carbocycles. The SMILES string of the molecule is CCNCc1cc(F)c(N(C)CCN(C)C)c(F)c1. The van der Waals surface area contributed by atoms with Crippen LogP contribution in [-0.4, -0.2) is 45.7 Å². The molecular weight excluding hydrogens is 248 g/mol. The standard InChI is InChI=1S/C14H23F2N3/c1-5-17-10-11-8-12(15)14(13(16)9-11)19(4)7-6-18(2)3/h8-9,17H,5-7,10H2,1-4H3. The molecule has 0 radical (unpaired) electrons. The van der Waals surface area contributed by atoms with E-state index < -0.39 is 11.6 Å². The quantitative estimate of drug-likeness (QED) is 0.819. The Morgan fingerprint density at radius 2 is 1.63 bits per heavy atom. The molecule has 0 amide bonds. The summed E-state index contributed by atoms with van der Waals surface area (Å²) in [6, 6.07) is 2.79. The molecule has 0 saturated carbocycles. The van der Waals surface area contributed by atoms with Crippen molar-refractivity contribution in [2.24, 2.45) is 0 Å². The molecule has 0 atom stereocenters. The second-order valence-corrected chi connectivity index (χ2v) is 4.91.